The normalized spacial score (nSPS) is 20.9. The minimum absolute atomic E-state index is 0.505. The van der Waals surface area contributed by atoms with E-state index >= 15 is 0 Å². The minimum atomic E-state index is 0.505. The van der Waals surface area contributed by atoms with Gasteiger partial charge in [-0.15, -0.1) is 0 Å². The molecule has 1 rings (SSSR count). The van der Waals surface area contributed by atoms with Crippen LogP contribution in [0.1, 0.15) is 46.5 Å². The van der Waals surface area contributed by atoms with Crippen molar-refractivity contribution in [2.45, 2.75) is 46.5 Å². The Morgan fingerprint density at radius 3 is 2.95 bits per heavy atom. The van der Waals surface area contributed by atoms with Crippen molar-refractivity contribution in [1.82, 2.24) is 10.7 Å². The standard InChI is InChI=1S/C15H25N3S/c1-5-6-9-16-15(19)18-17-14-10-13(11(2)3)8-7-12(14)4/h7,13H,2,5-6,8-10H2,1,3-4H3,(H2,16,18,19)/b17-14-/t13-/m1/s1. The highest BCUT2D eigenvalue weighted by Crippen LogP contribution is 2.26. The van der Waals surface area contributed by atoms with Gasteiger partial charge < -0.3 is 5.32 Å². The summed E-state index contributed by atoms with van der Waals surface area (Å²) in [5, 5.41) is 8.18. The van der Waals surface area contributed by atoms with Crippen LogP contribution in [0.5, 0.6) is 0 Å². The van der Waals surface area contributed by atoms with Crippen molar-refractivity contribution in [1.29, 1.82) is 0 Å². The SMILES string of the molecule is C=C(C)[C@@H]1CC=C(C)/C(=N\NC(=S)NCCCC)C1. The summed E-state index contributed by atoms with van der Waals surface area (Å²) in [4.78, 5) is 0. The van der Waals surface area contributed by atoms with Crippen molar-refractivity contribution in [2.75, 3.05) is 6.54 Å². The van der Waals surface area contributed by atoms with Crippen LogP contribution < -0.4 is 10.7 Å². The van der Waals surface area contributed by atoms with E-state index < -0.39 is 0 Å². The largest absolute Gasteiger partial charge is 0.361 e. The van der Waals surface area contributed by atoms with Crippen LogP contribution in [0.4, 0.5) is 0 Å². The smallest absolute Gasteiger partial charge is 0.186 e. The van der Waals surface area contributed by atoms with Crippen LogP contribution in [0.2, 0.25) is 0 Å². The Morgan fingerprint density at radius 2 is 2.32 bits per heavy atom. The summed E-state index contributed by atoms with van der Waals surface area (Å²) in [5.74, 6) is 0.505. The maximum atomic E-state index is 5.19. The number of nitrogens with zero attached hydrogens (tertiary/aromatic N) is 1. The third-order valence-electron chi connectivity index (χ3n) is 3.41. The van der Waals surface area contributed by atoms with Crippen molar-refractivity contribution >= 4 is 23.0 Å². The maximum Gasteiger partial charge on any atom is 0.186 e. The average Bonchev–Trinajstić information content (AvgIpc) is 2.37. The molecule has 0 spiro atoms. The zero-order chi connectivity index (χ0) is 14.3. The fourth-order valence-corrected chi connectivity index (χ4v) is 2.11. The van der Waals surface area contributed by atoms with Crippen molar-refractivity contribution in [3.63, 3.8) is 0 Å². The van der Waals surface area contributed by atoms with Crippen LogP contribution in [0.3, 0.4) is 0 Å². The summed E-state index contributed by atoms with van der Waals surface area (Å²) in [5.41, 5.74) is 6.48. The van der Waals surface area contributed by atoms with E-state index in [2.05, 4.69) is 49.3 Å². The number of hydrogen-bond donors (Lipinski definition) is 2. The lowest BCUT2D eigenvalue weighted by molar-refractivity contribution is 0.636. The lowest BCUT2D eigenvalue weighted by Gasteiger charge is -2.22. The summed E-state index contributed by atoms with van der Waals surface area (Å²) in [7, 11) is 0. The van der Waals surface area contributed by atoms with Gasteiger partial charge >= 0.3 is 0 Å². The molecule has 0 bridgehead atoms. The van der Waals surface area contributed by atoms with E-state index in [0.717, 1.165) is 37.9 Å². The van der Waals surface area contributed by atoms with E-state index in [-0.39, 0.29) is 0 Å². The molecule has 3 nitrogen and oxygen atoms in total. The molecule has 0 aromatic heterocycles. The van der Waals surface area contributed by atoms with Gasteiger partial charge in [0.05, 0.1) is 5.71 Å². The van der Waals surface area contributed by atoms with E-state index in [1.807, 2.05) is 0 Å². The van der Waals surface area contributed by atoms with Gasteiger partial charge in [-0.3, -0.25) is 5.43 Å². The van der Waals surface area contributed by atoms with Crippen molar-refractivity contribution in [2.24, 2.45) is 11.0 Å². The zero-order valence-corrected chi connectivity index (χ0v) is 13.1. The summed E-state index contributed by atoms with van der Waals surface area (Å²) in [6.07, 6.45) is 6.53. The second kappa shape index (κ2) is 8.10. The molecular weight excluding hydrogens is 254 g/mol. The van der Waals surface area contributed by atoms with E-state index in [4.69, 9.17) is 12.2 Å². The van der Waals surface area contributed by atoms with Crippen LogP contribution in [0.15, 0.2) is 28.9 Å². The predicted octanol–water partition coefficient (Wildman–Crippen LogP) is 3.54. The number of allylic oxidation sites excluding steroid dienone is 3. The molecule has 1 aliphatic carbocycles. The number of thiocarbonyl (C=S) groups is 1. The third-order valence-corrected chi connectivity index (χ3v) is 3.64. The van der Waals surface area contributed by atoms with Gasteiger partial charge in [-0.2, -0.15) is 5.10 Å². The minimum Gasteiger partial charge on any atom is -0.361 e. The van der Waals surface area contributed by atoms with E-state index in [0.29, 0.717) is 11.0 Å². The Kier molecular flexibility index (Phi) is 6.78. The van der Waals surface area contributed by atoms with Crippen LogP contribution in [0.25, 0.3) is 0 Å². The van der Waals surface area contributed by atoms with Gasteiger partial charge in [0.1, 0.15) is 0 Å². The molecule has 1 aliphatic rings. The molecule has 0 fully saturated rings. The molecule has 106 valence electrons. The van der Waals surface area contributed by atoms with Gasteiger partial charge in [-0.25, -0.2) is 0 Å². The van der Waals surface area contributed by atoms with Crippen molar-refractivity contribution in [3.8, 4) is 0 Å². The summed E-state index contributed by atoms with van der Waals surface area (Å²) in [6, 6.07) is 0. The molecule has 0 radical (unpaired) electrons. The highest BCUT2D eigenvalue weighted by atomic mass is 32.1. The molecule has 0 unspecified atom stereocenters. The first-order valence-corrected chi connectivity index (χ1v) is 7.38. The fourth-order valence-electron chi connectivity index (χ4n) is 1.96. The van der Waals surface area contributed by atoms with Gasteiger partial charge in [-0.05, 0) is 56.8 Å². The molecule has 0 aliphatic heterocycles. The number of hydrogen-bond acceptors (Lipinski definition) is 2. The van der Waals surface area contributed by atoms with Crippen LogP contribution in [-0.4, -0.2) is 17.4 Å². The average molecular weight is 279 g/mol. The number of nitrogens with one attached hydrogen (secondary N) is 2. The van der Waals surface area contributed by atoms with Gasteiger partial charge in [-0.1, -0.05) is 31.6 Å². The van der Waals surface area contributed by atoms with Crippen LogP contribution in [0, 0.1) is 5.92 Å². The van der Waals surface area contributed by atoms with E-state index in [9.17, 15) is 0 Å². The molecule has 0 saturated heterocycles. The lowest BCUT2D eigenvalue weighted by atomic mass is 9.85. The Labute approximate surface area is 122 Å². The van der Waals surface area contributed by atoms with Gasteiger partial charge in [0, 0.05) is 6.54 Å². The third kappa shape index (κ3) is 5.55. The Hall–Kier alpha value is -1.16. The quantitative estimate of drug-likeness (QED) is 0.350. The van der Waals surface area contributed by atoms with Gasteiger partial charge in [0.2, 0.25) is 0 Å². The van der Waals surface area contributed by atoms with E-state index in [1.54, 1.807) is 0 Å². The molecule has 0 aromatic rings. The first-order valence-electron chi connectivity index (χ1n) is 6.97. The molecule has 4 heteroatoms. The first-order chi connectivity index (χ1) is 9.04. The molecular formula is C15H25N3S. The summed E-state index contributed by atoms with van der Waals surface area (Å²) < 4.78 is 0. The lowest BCUT2D eigenvalue weighted by Crippen LogP contribution is -2.33. The molecule has 0 amide bonds. The highest BCUT2D eigenvalue weighted by molar-refractivity contribution is 7.80. The van der Waals surface area contributed by atoms with Crippen molar-refractivity contribution in [3.05, 3.63) is 23.8 Å². The number of unbranched alkanes of at least 4 members (excludes halogenated alkanes) is 1. The second-order valence-electron chi connectivity index (χ2n) is 5.15. The Bertz CT molecular complexity index is 396. The number of rotatable bonds is 5. The maximum absolute atomic E-state index is 5.19. The second-order valence-corrected chi connectivity index (χ2v) is 5.56. The molecule has 1 atom stereocenters. The predicted molar refractivity (Wildman–Crippen MR) is 87.4 cm³/mol. The number of hydrazone groups is 1. The van der Waals surface area contributed by atoms with E-state index in [1.165, 1.54) is 11.1 Å². The van der Waals surface area contributed by atoms with Crippen LogP contribution >= 0.6 is 12.2 Å². The van der Waals surface area contributed by atoms with Crippen molar-refractivity contribution < 1.29 is 0 Å². The highest BCUT2D eigenvalue weighted by Gasteiger charge is 2.18. The van der Waals surface area contributed by atoms with Crippen LogP contribution in [-0.2, 0) is 0 Å². The fraction of sp³-hybridized carbons (Fsp3) is 0.600. The molecule has 0 saturated carbocycles. The first kappa shape index (κ1) is 15.9. The Balaban J connectivity index is 2.51. The van der Waals surface area contributed by atoms with Gasteiger partial charge in [0.15, 0.2) is 5.11 Å². The summed E-state index contributed by atoms with van der Waals surface area (Å²) >= 11 is 5.19. The molecule has 0 heterocycles. The molecule has 0 aromatic carbocycles. The van der Waals surface area contributed by atoms with Gasteiger partial charge in [0.25, 0.3) is 0 Å². The Morgan fingerprint density at radius 1 is 1.58 bits per heavy atom. The molecule has 2 N–H and O–H groups in total. The zero-order valence-electron chi connectivity index (χ0n) is 12.3. The summed E-state index contributed by atoms with van der Waals surface area (Å²) in [6.45, 7) is 11.3. The molecule has 19 heavy (non-hydrogen) atoms. The topological polar surface area (TPSA) is 36.4 Å². The monoisotopic (exact) mass is 279 g/mol.